The lowest BCUT2D eigenvalue weighted by Crippen LogP contribution is -2.31. The van der Waals surface area contributed by atoms with Crippen LogP contribution in [0.15, 0.2) is 133 Å². The monoisotopic (exact) mass is 1150 g/mol. The van der Waals surface area contributed by atoms with Gasteiger partial charge in [0.15, 0.2) is 0 Å². The molecule has 0 radical (unpaired) electrons. The summed E-state index contributed by atoms with van der Waals surface area (Å²) >= 11 is 8.18. The molecule has 5 aromatic carbocycles. The average Bonchev–Trinajstić information content (AvgIpc) is 1.55. The maximum atomic E-state index is 2.71. The molecular weight excluding hydrogens is 1070 g/mol. The summed E-state index contributed by atoms with van der Waals surface area (Å²) in [4.78, 5) is 11.6. The van der Waals surface area contributed by atoms with Gasteiger partial charge < -0.3 is 0 Å². The van der Waals surface area contributed by atoms with Gasteiger partial charge in [-0.15, -0.1) is 45.3 Å². The highest BCUT2D eigenvalue weighted by Crippen LogP contribution is 2.66. The molecule has 9 aromatic rings. The van der Waals surface area contributed by atoms with E-state index >= 15 is 0 Å². The van der Waals surface area contributed by atoms with Crippen LogP contribution in [0.4, 0.5) is 0 Å². The van der Waals surface area contributed by atoms with Crippen molar-refractivity contribution in [2.45, 2.75) is 207 Å². The van der Waals surface area contributed by atoms with E-state index in [9.17, 15) is 0 Å². The van der Waals surface area contributed by atoms with E-state index in [0.717, 1.165) is 6.42 Å². The minimum Gasteiger partial charge on any atom is -0.140 e. The standard InChI is InChI=1S/C78H90S4/c1-9-11-13-15-17-19-21-23-25-27-29-59-48-71(80-58(59)8)72-49-60(30-28-26-24-22-20-18-16-14-12-10-2)74(81-72)73-52-70-76(82-73)66-50-65-67(51-68(66)78(70,63-43-35-55(5)36-44-63)64-45-37-56(6)38-46-64)77(61-39-31-53(3)32-40-61,62-41-33-54(4)34-42-62)69-47-57(7)79-75(65)69/h31-52H,9-30H2,1-8H3. The molecule has 0 fully saturated rings. The van der Waals surface area contributed by atoms with Crippen LogP contribution in [0.5, 0.6) is 0 Å². The minimum absolute atomic E-state index is 0.483. The smallest absolute Gasteiger partial charge is 0.0722 e. The molecule has 0 N–H and O–H groups in total. The normalized spacial score (nSPS) is 13.7. The highest BCUT2D eigenvalue weighted by atomic mass is 32.1. The van der Waals surface area contributed by atoms with Crippen LogP contribution in [0.2, 0.25) is 0 Å². The van der Waals surface area contributed by atoms with E-state index in [0.29, 0.717) is 0 Å². The Labute approximate surface area is 510 Å². The number of fused-ring (bicyclic) bond motifs is 6. The second-order valence-corrected chi connectivity index (χ2v) is 29.5. The first-order valence-electron chi connectivity index (χ1n) is 32.0. The molecule has 2 aliphatic carbocycles. The Hall–Kier alpha value is -5.10. The van der Waals surface area contributed by atoms with E-state index in [1.165, 1.54) is 252 Å². The van der Waals surface area contributed by atoms with Crippen LogP contribution in [0.3, 0.4) is 0 Å². The van der Waals surface area contributed by atoms with Gasteiger partial charge in [-0.25, -0.2) is 0 Å². The van der Waals surface area contributed by atoms with Gasteiger partial charge in [0.1, 0.15) is 0 Å². The molecule has 4 aromatic heterocycles. The summed E-state index contributed by atoms with van der Waals surface area (Å²) in [6, 6.07) is 54.1. The third kappa shape index (κ3) is 11.7. The Balaban J connectivity index is 1.03. The fourth-order valence-electron chi connectivity index (χ4n) is 14.1. The Bertz CT molecular complexity index is 3460. The number of hydrogen-bond donors (Lipinski definition) is 0. The molecule has 426 valence electrons. The van der Waals surface area contributed by atoms with E-state index in [2.05, 4.69) is 212 Å². The fourth-order valence-corrected chi connectivity index (χ4v) is 18.9. The largest absolute Gasteiger partial charge is 0.140 e. The van der Waals surface area contributed by atoms with Crippen LogP contribution in [0.25, 0.3) is 40.4 Å². The zero-order chi connectivity index (χ0) is 56.8. The van der Waals surface area contributed by atoms with E-state index in [-0.39, 0.29) is 0 Å². The van der Waals surface area contributed by atoms with Gasteiger partial charge in [-0.1, -0.05) is 255 Å². The fraction of sp³-hybridized carbons (Fsp3) is 0.410. The first-order valence-corrected chi connectivity index (χ1v) is 35.3. The molecular formula is C78H90S4. The number of unbranched alkanes of at least 4 members (excludes halogenated alkanes) is 18. The van der Waals surface area contributed by atoms with Crippen LogP contribution in [-0.4, -0.2) is 0 Å². The van der Waals surface area contributed by atoms with Crippen molar-refractivity contribution in [3.05, 3.63) is 221 Å². The molecule has 0 bridgehead atoms. The third-order valence-electron chi connectivity index (χ3n) is 18.7. The first-order chi connectivity index (χ1) is 40.0. The molecule has 11 rings (SSSR count). The number of benzene rings is 5. The SMILES string of the molecule is CCCCCCCCCCCCc1cc(-c2cc(CCCCCCCCCCCC)c(-c3cc4c(s3)-c3cc5c(cc3C4(c3ccc(C)cc3)c3ccc(C)cc3)C(c3ccc(C)cc3)(c3ccc(C)cc3)c3cc(C)sc3-5)s2)sc1C. The zero-order valence-electron chi connectivity index (χ0n) is 50.9. The molecule has 2 aliphatic rings. The molecule has 0 amide bonds. The van der Waals surface area contributed by atoms with Crippen molar-refractivity contribution in [1.82, 2.24) is 0 Å². The summed E-state index contributed by atoms with van der Waals surface area (Å²) < 4.78 is 0. The maximum Gasteiger partial charge on any atom is 0.0722 e. The van der Waals surface area contributed by atoms with Gasteiger partial charge in [0.25, 0.3) is 0 Å². The van der Waals surface area contributed by atoms with Crippen molar-refractivity contribution < 1.29 is 0 Å². The lowest BCUT2D eigenvalue weighted by Gasteiger charge is -2.37. The van der Waals surface area contributed by atoms with Crippen LogP contribution in [0.1, 0.15) is 230 Å². The van der Waals surface area contributed by atoms with Gasteiger partial charge >= 0.3 is 0 Å². The predicted molar refractivity (Wildman–Crippen MR) is 363 cm³/mol. The number of rotatable bonds is 28. The van der Waals surface area contributed by atoms with Crippen molar-refractivity contribution in [3.63, 3.8) is 0 Å². The summed E-state index contributed by atoms with van der Waals surface area (Å²) in [6.07, 6.45) is 29.7. The second-order valence-electron chi connectivity index (χ2n) is 24.9. The molecule has 0 atom stereocenters. The maximum absolute atomic E-state index is 2.71. The molecule has 0 spiro atoms. The van der Waals surface area contributed by atoms with E-state index in [1.807, 2.05) is 22.7 Å². The summed E-state index contributed by atoms with van der Waals surface area (Å²) in [5.74, 6) is 0. The van der Waals surface area contributed by atoms with Crippen molar-refractivity contribution in [1.29, 1.82) is 0 Å². The average molecular weight is 1160 g/mol. The zero-order valence-corrected chi connectivity index (χ0v) is 54.2. The highest BCUT2D eigenvalue weighted by Gasteiger charge is 2.53. The van der Waals surface area contributed by atoms with Crippen LogP contribution in [-0.2, 0) is 23.7 Å². The van der Waals surface area contributed by atoms with Crippen molar-refractivity contribution >= 4 is 45.3 Å². The lowest BCUT2D eigenvalue weighted by molar-refractivity contribution is 0.556. The van der Waals surface area contributed by atoms with Gasteiger partial charge in [0.05, 0.1) is 10.8 Å². The predicted octanol–water partition coefficient (Wildman–Crippen LogP) is 24.8. The molecule has 4 heterocycles. The van der Waals surface area contributed by atoms with Crippen molar-refractivity contribution in [2.75, 3.05) is 0 Å². The van der Waals surface area contributed by atoms with Crippen LogP contribution in [0, 0.1) is 41.5 Å². The Morgan fingerprint density at radius 2 is 0.646 bits per heavy atom. The number of aryl methyl sites for hydroxylation is 8. The molecule has 0 unspecified atom stereocenters. The summed E-state index contributed by atoms with van der Waals surface area (Å²) in [5, 5.41) is 0. The Morgan fingerprint density at radius 3 is 1.09 bits per heavy atom. The molecule has 0 saturated heterocycles. The van der Waals surface area contributed by atoms with Crippen molar-refractivity contribution in [3.8, 4) is 40.4 Å². The van der Waals surface area contributed by atoms with Crippen LogP contribution < -0.4 is 0 Å². The summed E-state index contributed by atoms with van der Waals surface area (Å²) in [6.45, 7) is 18.3. The summed E-state index contributed by atoms with van der Waals surface area (Å²) in [7, 11) is 0. The molecule has 0 saturated carbocycles. The molecule has 82 heavy (non-hydrogen) atoms. The molecule has 4 heteroatoms. The minimum atomic E-state index is -0.542. The van der Waals surface area contributed by atoms with Crippen molar-refractivity contribution in [2.24, 2.45) is 0 Å². The van der Waals surface area contributed by atoms with Gasteiger partial charge in [0, 0.05) is 39.0 Å². The first kappa shape index (κ1) is 58.7. The lowest BCUT2D eigenvalue weighted by atomic mass is 9.64. The summed E-state index contributed by atoms with van der Waals surface area (Å²) in [5.41, 5.74) is 21.0. The Kier molecular flexibility index (Phi) is 18.9. The number of thiophene rings is 4. The topological polar surface area (TPSA) is 0 Å². The second kappa shape index (κ2) is 26.4. The third-order valence-corrected chi connectivity index (χ3v) is 23.6. The molecule has 0 nitrogen and oxygen atoms in total. The van der Waals surface area contributed by atoms with E-state index in [4.69, 9.17) is 0 Å². The number of hydrogen-bond acceptors (Lipinski definition) is 4. The Morgan fingerprint density at radius 1 is 0.293 bits per heavy atom. The molecule has 0 aliphatic heterocycles. The van der Waals surface area contributed by atoms with Gasteiger partial charge in [-0.05, 0) is 164 Å². The van der Waals surface area contributed by atoms with Gasteiger partial charge in [0.2, 0.25) is 0 Å². The van der Waals surface area contributed by atoms with E-state index in [1.54, 1.807) is 11.1 Å². The van der Waals surface area contributed by atoms with Crippen LogP contribution >= 0.6 is 45.3 Å². The van der Waals surface area contributed by atoms with Gasteiger partial charge in [-0.3, -0.25) is 0 Å². The van der Waals surface area contributed by atoms with Gasteiger partial charge in [-0.2, -0.15) is 0 Å². The quantitative estimate of drug-likeness (QED) is 0.0429. The van der Waals surface area contributed by atoms with E-state index < -0.39 is 10.8 Å². The highest BCUT2D eigenvalue weighted by molar-refractivity contribution is 7.27.